The maximum absolute atomic E-state index is 3.80. The molecule has 5 fully saturated rings. The number of rotatable bonds is 7. The molecule has 2 nitrogen and oxygen atoms in total. The summed E-state index contributed by atoms with van der Waals surface area (Å²) in [6.07, 6.45) is 13.5. The predicted molar refractivity (Wildman–Crippen MR) is 79.1 cm³/mol. The summed E-state index contributed by atoms with van der Waals surface area (Å²) in [6, 6.07) is 0.878. The largest absolute Gasteiger partial charge is 0.316 e. The highest BCUT2D eigenvalue weighted by molar-refractivity contribution is 5.02. The highest BCUT2D eigenvalue weighted by atomic mass is 15.0. The van der Waals surface area contributed by atoms with Crippen molar-refractivity contribution in [3.8, 4) is 0 Å². The normalized spacial score (nSPS) is 43.9. The van der Waals surface area contributed by atoms with Gasteiger partial charge in [-0.1, -0.05) is 0 Å². The molecule has 5 aliphatic rings. The Morgan fingerprint density at radius 1 is 0.842 bits per heavy atom. The maximum atomic E-state index is 3.80. The van der Waals surface area contributed by atoms with E-state index in [4.69, 9.17) is 0 Å². The minimum absolute atomic E-state index is 0.721. The SMILES string of the molecule is C(CNCC12CC3CC(CC(C3)C1)C2)CNC1CC1. The van der Waals surface area contributed by atoms with E-state index in [1.54, 1.807) is 38.5 Å². The van der Waals surface area contributed by atoms with E-state index < -0.39 is 0 Å². The summed E-state index contributed by atoms with van der Waals surface area (Å²) in [5.74, 6) is 3.30. The van der Waals surface area contributed by atoms with Crippen molar-refractivity contribution >= 4 is 0 Å². The van der Waals surface area contributed by atoms with Crippen molar-refractivity contribution in [2.75, 3.05) is 19.6 Å². The second-order valence-corrected chi connectivity index (χ2v) is 8.18. The highest BCUT2D eigenvalue weighted by Gasteiger charge is 2.50. The van der Waals surface area contributed by atoms with Gasteiger partial charge in [-0.3, -0.25) is 0 Å². The van der Waals surface area contributed by atoms with Crippen LogP contribution in [0.5, 0.6) is 0 Å². The molecule has 5 rings (SSSR count). The molecule has 4 bridgehead atoms. The smallest absolute Gasteiger partial charge is 0.00682 e. The lowest BCUT2D eigenvalue weighted by atomic mass is 9.49. The Morgan fingerprint density at radius 3 is 2.05 bits per heavy atom. The third-order valence-corrected chi connectivity index (χ3v) is 6.21. The average molecular weight is 262 g/mol. The first-order valence-electron chi connectivity index (χ1n) is 8.75. The molecule has 0 unspecified atom stereocenters. The van der Waals surface area contributed by atoms with Crippen LogP contribution >= 0.6 is 0 Å². The van der Waals surface area contributed by atoms with E-state index in [0.717, 1.165) is 29.2 Å². The van der Waals surface area contributed by atoms with Gasteiger partial charge in [0.15, 0.2) is 0 Å². The Labute approximate surface area is 118 Å². The van der Waals surface area contributed by atoms with Crippen molar-refractivity contribution in [2.45, 2.75) is 63.8 Å². The molecule has 0 atom stereocenters. The van der Waals surface area contributed by atoms with Gasteiger partial charge in [-0.2, -0.15) is 0 Å². The van der Waals surface area contributed by atoms with Crippen LogP contribution in [-0.2, 0) is 0 Å². The second-order valence-electron chi connectivity index (χ2n) is 8.18. The lowest BCUT2D eigenvalue weighted by molar-refractivity contribution is -0.0511. The van der Waals surface area contributed by atoms with E-state index >= 15 is 0 Å². The molecule has 0 radical (unpaired) electrons. The van der Waals surface area contributed by atoms with Crippen LogP contribution in [-0.4, -0.2) is 25.7 Å². The quantitative estimate of drug-likeness (QED) is 0.689. The van der Waals surface area contributed by atoms with E-state index in [1.807, 2.05) is 0 Å². The first-order chi connectivity index (χ1) is 9.31. The standard InChI is InChI=1S/C17H30N2/c1(5-19-16-2-3-16)4-18-12-17-9-13-6-14(10-17)8-15(7-13)11-17/h13-16,18-19H,1-12H2. The van der Waals surface area contributed by atoms with Crippen LogP contribution in [0, 0.1) is 23.2 Å². The lowest BCUT2D eigenvalue weighted by Gasteiger charge is -2.57. The molecule has 0 aromatic rings. The van der Waals surface area contributed by atoms with Gasteiger partial charge in [0, 0.05) is 12.6 Å². The van der Waals surface area contributed by atoms with Crippen molar-refractivity contribution in [1.82, 2.24) is 10.6 Å². The zero-order chi connectivity index (χ0) is 12.7. The first-order valence-corrected chi connectivity index (χ1v) is 8.75. The molecule has 0 heterocycles. The van der Waals surface area contributed by atoms with Gasteiger partial charge in [-0.15, -0.1) is 0 Å². The molecule has 0 spiro atoms. The summed E-state index contributed by atoms with van der Waals surface area (Å²) in [4.78, 5) is 0. The molecule has 0 saturated heterocycles. The zero-order valence-corrected chi connectivity index (χ0v) is 12.3. The molecule has 0 aliphatic heterocycles. The molecule has 5 saturated carbocycles. The molecule has 0 amide bonds. The molecule has 19 heavy (non-hydrogen) atoms. The van der Waals surface area contributed by atoms with Gasteiger partial charge in [-0.05, 0) is 94.0 Å². The van der Waals surface area contributed by atoms with E-state index in [2.05, 4.69) is 10.6 Å². The molecule has 2 N–H and O–H groups in total. The van der Waals surface area contributed by atoms with Crippen molar-refractivity contribution in [3.63, 3.8) is 0 Å². The Morgan fingerprint density at radius 2 is 1.47 bits per heavy atom. The average Bonchev–Trinajstić information content (AvgIpc) is 3.16. The molecular formula is C17H30N2. The van der Waals surface area contributed by atoms with E-state index in [9.17, 15) is 0 Å². The fourth-order valence-corrected chi connectivity index (χ4v) is 5.67. The van der Waals surface area contributed by atoms with Gasteiger partial charge in [0.25, 0.3) is 0 Å². The monoisotopic (exact) mass is 262 g/mol. The van der Waals surface area contributed by atoms with Gasteiger partial charge in [0.05, 0.1) is 0 Å². The summed E-state index contributed by atoms with van der Waals surface area (Å²) < 4.78 is 0. The van der Waals surface area contributed by atoms with Gasteiger partial charge < -0.3 is 10.6 Å². The maximum Gasteiger partial charge on any atom is 0.00682 e. The lowest BCUT2D eigenvalue weighted by Crippen LogP contribution is -2.50. The Kier molecular flexibility index (Phi) is 3.35. The third-order valence-electron chi connectivity index (χ3n) is 6.21. The van der Waals surface area contributed by atoms with Crippen LogP contribution in [0.25, 0.3) is 0 Å². The van der Waals surface area contributed by atoms with Crippen LogP contribution in [0.3, 0.4) is 0 Å². The minimum Gasteiger partial charge on any atom is -0.316 e. The van der Waals surface area contributed by atoms with Gasteiger partial charge in [-0.25, -0.2) is 0 Å². The fraction of sp³-hybridized carbons (Fsp3) is 1.00. The number of hydrogen-bond acceptors (Lipinski definition) is 2. The molecule has 0 aromatic heterocycles. The van der Waals surface area contributed by atoms with Crippen LogP contribution in [0.4, 0.5) is 0 Å². The van der Waals surface area contributed by atoms with Crippen LogP contribution in [0.2, 0.25) is 0 Å². The fourth-order valence-electron chi connectivity index (χ4n) is 5.67. The van der Waals surface area contributed by atoms with E-state index in [0.29, 0.717) is 0 Å². The minimum atomic E-state index is 0.721. The number of nitrogens with one attached hydrogen (secondary N) is 2. The Bertz CT molecular complexity index is 286. The van der Waals surface area contributed by atoms with Gasteiger partial charge >= 0.3 is 0 Å². The molecule has 5 aliphatic carbocycles. The Balaban J connectivity index is 1.19. The predicted octanol–water partition coefficient (Wildman–Crippen LogP) is 2.93. The van der Waals surface area contributed by atoms with E-state index in [1.165, 1.54) is 38.9 Å². The van der Waals surface area contributed by atoms with Gasteiger partial charge in [0.2, 0.25) is 0 Å². The van der Waals surface area contributed by atoms with Crippen molar-refractivity contribution in [1.29, 1.82) is 0 Å². The van der Waals surface area contributed by atoms with Crippen molar-refractivity contribution in [3.05, 3.63) is 0 Å². The van der Waals surface area contributed by atoms with Crippen LogP contribution in [0.15, 0.2) is 0 Å². The molecular weight excluding hydrogens is 232 g/mol. The van der Waals surface area contributed by atoms with Crippen LogP contribution in [0.1, 0.15) is 57.8 Å². The van der Waals surface area contributed by atoms with Crippen LogP contribution < -0.4 is 10.6 Å². The van der Waals surface area contributed by atoms with Gasteiger partial charge in [0.1, 0.15) is 0 Å². The molecule has 0 aromatic carbocycles. The van der Waals surface area contributed by atoms with Crippen molar-refractivity contribution < 1.29 is 0 Å². The highest BCUT2D eigenvalue weighted by Crippen LogP contribution is 2.59. The van der Waals surface area contributed by atoms with Crippen molar-refractivity contribution in [2.24, 2.45) is 23.2 Å². The number of hydrogen-bond donors (Lipinski definition) is 2. The zero-order valence-electron chi connectivity index (χ0n) is 12.3. The topological polar surface area (TPSA) is 24.1 Å². The van der Waals surface area contributed by atoms with E-state index in [-0.39, 0.29) is 0 Å². The summed E-state index contributed by atoms with van der Waals surface area (Å²) in [5, 5.41) is 7.41. The first kappa shape index (κ1) is 12.6. The third kappa shape index (κ3) is 2.85. The molecule has 2 heteroatoms. The summed E-state index contributed by atoms with van der Waals surface area (Å²) in [6.45, 7) is 3.76. The Hall–Kier alpha value is -0.0800. The summed E-state index contributed by atoms with van der Waals surface area (Å²) in [5.41, 5.74) is 0.721. The second kappa shape index (κ2) is 5.04. The summed E-state index contributed by atoms with van der Waals surface area (Å²) >= 11 is 0. The summed E-state index contributed by atoms with van der Waals surface area (Å²) in [7, 11) is 0. The molecule has 108 valence electrons.